The van der Waals surface area contributed by atoms with Crippen LogP contribution in [0.15, 0.2) is 30.3 Å². The van der Waals surface area contributed by atoms with E-state index in [1.54, 1.807) is 0 Å². The van der Waals surface area contributed by atoms with Crippen LogP contribution in [0.1, 0.15) is 5.69 Å². The minimum atomic E-state index is -4.63. The van der Waals surface area contributed by atoms with Gasteiger partial charge in [-0.25, -0.2) is 9.97 Å². The number of nitrogens with one attached hydrogen (secondary N) is 1. The van der Waals surface area contributed by atoms with Gasteiger partial charge in [0.1, 0.15) is 0 Å². The van der Waals surface area contributed by atoms with Crippen molar-refractivity contribution in [2.75, 3.05) is 12.4 Å². The molecule has 6 nitrogen and oxygen atoms in total. The van der Waals surface area contributed by atoms with E-state index in [4.69, 9.17) is 0 Å². The number of rotatable bonds is 3. The average molecular weight is 298 g/mol. The SMILES string of the molecule is CNc1nc(-c2cccc([N+](=O)[O-])c2)cc(C(F)(F)F)n1. The van der Waals surface area contributed by atoms with Gasteiger partial charge in [0.2, 0.25) is 5.95 Å². The van der Waals surface area contributed by atoms with Gasteiger partial charge in [-0.15, -0.1) is 0 Å². The highest BCUT2D eigenvalue weighted by Crippen LogP contribution is 2.31. The molecular weight excluding hydrogens is 289 g/mol. The van der Waals surface area contributed by atoms with Gasteiger partial charge < -0.3 is 5.32 Å². The van der Waals surface area contributed by atoms with E-state index in [0.717, 1.165) is 12.1 Å². The summed E-state index contributed by atoms with van der Waals surface area (Å²) >= 11 is 0. The van der Waals surface area contributed by atoms with Crippen LogP contribution in [-0.2, 0) is 6.18 Å². The molecule has 0 aliphatic heterocycles. The van der Waals surface area contributed by atoms with Gasteiger partial charge >= 0.3 is 6.18 Å². The van der Waals surface area contributed by atoms with Crippen molar-refractivity contribution in [3.05, 3.63) is 46.1 Å². The van der Waals surface area contributed by atoms with E-state index in [0.29, 0.717) is 0 Å². The van der Waals surface area contributed by atoms with E-state index >= 15 is 0 Å². The highest BCUT2D eigenvalue weighted by atomic mass is 19.4. The molecule has 110 valence electrons. The second-order valence-electron chi connectivity index (χ2n) is 4.02. The van der Waals surface area contributed by atoms with Crippen molar-refractivity contribution in [2.45, 2.75) is 6.18 Å². The van der Waals surface area contributed by atoms with Crippen LogP contribution in [0.3, 0.4) is 0 Å². The Morgan fingerprint density at radius 3 is 2.52 bits per heavy atom. The first kappa shape index (κ1) is 14.7. The molecule has 9 heteroatoms. The van der Waals surface area contributed by atoms with Crippen molar-refractivity contribution in [3.8, 4) is 11.3 Å². The summed E-state index contributed by atoms with van der Waals surface area (Å²) in [7, 11) is 1.38. The van der Waals surface area contributed by atoms with E-state index in [2.05, 4.69) is 15.3 Å². The monoisotopic (exact) mass is 298 g/mol. The molecule has 0 saturated heterocycles. The lowest BCUT2D eigenvalue weighted by Crippen LogP contribution is -2.11. The minimum Gasteiger partial charge on any atom is -0.357 e. The number of nitro groups is 1. The fraction of sp³-hybridized carbons (Fsp3) is 0.167. The number of halogens is 3. The lowest BCUT2D eigenvalue weighted by atomic mass is 10.1. The molecule has 0 amide bonds. The molecule has 1 aromatic carbocycles. The zero-order valence-electron chi connectivity index (χ0n) is 10.7. The summed E-state index contributed by atoms with van der Waals surface area (Å²) in [5, 5.41) is 13.1. The number of nitrogens with zero attached hydrogens (tertiary/aromatic N) is 3. The van der Waals surface area contributed by atoms with Crippen molar-refractivity contribution < 1.29 is 18.1 Å². The summed E-state index contributed by atoms with van der Waals surface area (Å²) in [6, 6.07) is 5.97. The smallest absolute Gasteiger partial charge is 0.357 e. The van der Waals surface area contributed by atoms with Gasteiger partial charge in [-0.05, 0) is 6.07 Å². The molecule has 0 fully saturated rings. The second kappa shape index (κ2) is 5.35. The number of hydrogen-bond acceptors (Lipinski definition) is 5. The number of hydrogen-bond donors (Lipinski definition) is 1. The first-order valence-corrected chi connectivity index (χ1v) is 5.70. The number of non-ortho nitro benzene ring substituents is 1. The maximum atomic E-state index is 12.8. The molecule has 21 heavy (non-hydrogen) atoms. The second-order valence-corrected chi connectivity index (χ2v) is 4.02. The Morgan fingerprint density at radius 2 is 1.95 bits per heavy atom. The van der Waals surface area contributed by atoms with Gasteiger partial charge in [0.05, 0.1) is 10.6 Å². The molecule has 1 N–H and O–H groups in total. The van der Waals surface area contributed by atoms with Crippen LogP contribution in [0.5, 0.6) is 0 Å². The molecule has 0 saturated carbocycles. The summed E-state index contributed by atoms with van der Waals surface area (Å²) < 4.78 is 38.3. The van der Waals surface area contributed by atoms with Crippen LogP contribution < -0.4 is 5.32 Å². The first-order valence-electron chi connectivity index (χ1n) is 5.70. The number of alkyl halides is 3. The number of aromatic nitrogens is 2. The van der Waals surface area contributed by atoms with E-state index in [1.807, 2.05) is 0 Å². The largest absolute Gasteiger partial charge is 0.433 e. The van der Waals surface area contributed by atoms with Gasteiger partial charge in [0.25, 0.3) is 5.69 Å². The molecule has 1 heterocycles. The quantitative estimate of drug-likeness (QED) is 0.695. The van der Waals surface area contributed by atoms with Crippen molar-refractivity contribution >= 4 is 11.6 Å². The van der Waals surface area contributed by atoms with Crippen LogP contribution in [0.25, 0.3) is 11.3 Å². The lowest BCUT2D eigenvalue weighted by Gasteiger charge is -2.10. The third kappa shape index (κ3) is 3.25. The maximum absolute atomic E-state index is 12.8. The molecule has 0 spiro atoms. The molecule has 0 bridgehead atoms. The highest BCUT2D eigenvalue weighted by molar-refractivity contribution is 5.64. The standard InChI is InChI=1S/C12H9F3N4O2/c1-16-11-17-9(6-10(18-11)12(13,14)15)7-3-2-4-8(5-7)19(20)21/h2-6H,1H3,(H,16,17,18). The van der Waals surface area contributed by atoms with E-state index in [1.165, 1.54) is 25.2 Å². The normalized spacial score (nSPS) is 11.2. The molecule has 2 rings (SSSR count). The van der Waals surface area contributed by atoms with Gasteiger partial charge in [-0.2, -0.15) is 13.2 Å². The molecular formula is C12H9F3N4O2. The zero-order valence-corrected chi connectivity index (χ0v) is 10.7. The topological polar surface area (TPSA) is 81.0 Å². The zero-order chi connectivity index (χ0) is 15.6. The molecule has 0 unspecified atom stereocenters. The predicted molar refractivity (Wildman–Crippen MR) is 68.7 cm³/mol. The molecule has 0 atom stereocenters. The van der Waals surface area contributed by atoms with E-state index < -0.39 is 16.8 Å². The Labute approximate surface area is 116 Å². The maximum Gasteiger partial charge on any atom is 0.433 e. The van der Waals surface area contributed by atoms with Gasteiger partial charge in [-0.1, -0.05) is 12.1 Å². The van der Waals surface area contributed by atoms with E-state index in [-0.39, 0.29) is 22.9 Å². The van der Waals surface area contributed by atoms with Crippen LogP contribution in [0.2, 0.25) is 0 Å². The Kier molecular flexibility index (Phi) is 3.74. The summed E-state index contributed by atoms with van der Waals surface area (Å²) in [5.41, 5.74) is -1.20. The Morgan fingerprint density at radius 1 is 1.24 bits per heavy atom. The fourth-order valence-corrected chi connectivity index (χ4v) is 1.63. The summed E-state index contributed by atoms with van der Waals surface area (Å²) in [6.07, 6.45) is -4.63. The van der Waals surface area contributed by atoms with Crippen LogP contribution in [0, 0.1) is 10.1 Å². The lowest BCUT2D eigenvalue weighted by molar-refractivity contribution is -0.384. The van der Waals surface area contributed by atoms with Gasteiger partial charge in [0.15, 0.2) is 5.69 Å². The number of anilines is 1. The van der Waals surface area contributed by atoms with Gasteiger partial charge in [-0.3, -0.25) is 10.1 Å². The Balaban J connectivity index is 2.58. The Bertz CT molecular complexity index is 688. The first-order chi connectivity index (χ1) is 9.81. The van der Waals surface area contributed by atoms with Crippen molar-refractivity contribution in [3.63, 3.8) is 0 Å². The van der Waals surface area contributed by atoms with Crippen LogP contribution in [-0.4, -0.2) is 21.9 Å². The van der Waals surface area contributed by atoms with Crippen LogP contribution in [0.4, 0.5) is 24.8 Å². The highest BCUT2D eigenvalue weighted by Gasteiger charge is 2.33. The molecule has 0 aliphatic carbocycles. The van der Waals surface area contributed by atoms with Crippen molar-refractivity contribution in [1.82, 2.24) is 9.97 Å². The van der Waals surface area contributed by atoms with Crippen LogP contribution >= 0.6 is 0 Å². The minimum absolute atomic E-state index is 0.0506. The van der Waals surface area contributed by atoms with Gasteiger partial charge in [0, 0.05) is 24.7 Å². The molecule has 2 aromatic rings. The van der Waals surface area contributed by atoms with Crippen molar-refractivity contribution in [2.24, 2.45) is 0 Å². The summed E-state index contributed by atoms with van der Waals surface area (Å²) in [4.78, 5) is 17.3. The number of nitro benzene ring substituents is 1. The molecule has 0 radical (unpaired) electrons. The third-order valence-electron chi connectivity index (χ3n) is 2.59. The Hall–Kier alpha value is -2.71. The predicted octanol–water partition coefficient (Wildman–Crippen LogP) is 3.11. The molecule has 1 aromatic heterocycles. The van der Waals surface area contributed by atoms with E-state index in [9.17, 15) is 23.3 Å². The fourth-order valence-electron chi connectivity index (χ4n) is 1.63. The summed E-state index contributed by atoms with van der Waals surface area (Å²) in [5.74, 6) is -0.216. The third-order valence-corrected chi connectivity index (χ3v) is 2.59. The number of benzene rings is 1. The average Bonchev–Trinajstić information content (AvgIpc) is 2.46. The summed E-state index contributed by atoms with van der Waals surface area (Å²) in [6.45, 7) is 0. The van der Waals surface area contributed by atoms with Crippen molar-refractivity contribution in [1.29, 1.82) is 0 Å². The molecule has 0 aliphatic rings.